The maximum atomic E-state index is 12.3. The summed E-state index contributed by atoms with van der Waals surface area (Å²) < 4.78 is 10.5. The minimum absolute atomic E-state index is 0.127. The van der Waals surface area contributed by atoms with Crippen LogP contribution in [0.3, 0.4) is 0 Å². The molecule has 0 saturated heterocycles. The summed E-state index contributed by atoms with van der Waals surface area (Å²) in [5, 5.41) is 2.91. The Balaban J connectivity index is 1.60. The predicted octanol–water partition coefficient (Wildman–Crippen LogP) is 1.72. The molecule has 2 aromatic rings. The van der Waals surface area contributed by atoms with Crippen LogP contribution in [0.25, 0.3) is 0 Å². The molecule has 0 aliphatic carbocycles. The van der Waals surface area contributed by atoms with E-state index in [2.05, 4.69) is 15.3 Å². The number of nitrogens with zero attached hydrogens (tertiary/aromatic N) is 3. The number of fused-ring (bicyclic) bond motifs is 1. The number of aromatic nitrogens is 2. The Kier molecular flexibility index (Phi) is 4.27. The van der Waals surface area contributed by atoms with E-state index in [1.165, 1.54) is 6.33 Å². The fraction of sp³-hybridized carbons (Fsp3) is 0.312. The molecule has 7 heteroatoms. The van der Waals surface area contributed by atoms with Crippen LogP contribution in [0.2, 0.25) is 0 Å². The molecular formula is C16H18N4O3. The van der Waals surface area contributed by atoms with Gasteiger partial charge in [-0.15, -0.1) is 0 Å². The van der Waals surface area contributed by atoms with E-state index in [0.717, 1.165) is 16.8 Å². The number of carbonyl (C=O) groups is 1. The van der Waals surface area contributed by atoms with Crippen molar-refractivity contribution in [2.75, 3.05) is 14.2 Å². The van der Waals surface area contributed by atoms with Gasteiger partial charge in [0.25, 0.3) is 0 Å². The van der Waals surface area contributed by atoms with E-state index in [1.807, 2.05) is 18.2 Å². The molecule has 1 aliphatic rings. The summed E-state index contributed by atoms with van der Waals surface area (Å²) in [7, 11) is 3.18. The van der Waals surface area contributed by atoms with E-state index in [1.54, 1.807) is 25.3 Å². The lowest BCUT2D eigenvalue weighted by Gasteiger charge is -2.16. The van der Waals surface area contributed by atoms with Gasteiger partial charge < -0.3 is 19.7 Å². The third kappa shape index (κ3) is 3.18. The van der Waals surface area contributed by atoms with Crippen LogP contribution in [0.1, 0.15) is 16.8 Å². The zero-order valence-corrected chi connectivity index (χ0v) is 13.1. The molecule has 1 aromatic carbocycles. The van der Waals surface area contributed by atoms with Crippen molar-refractivity contribution in [3.05, 3.63) is 47.5 Å². The highest BCUT2D eigenvalue weighted by Crippen LogP contribution is 2.27. The lowest BCUT2D eigenvalue weighted by Crippen LogP contribution is -2.36. The minimum Gasteiger partial charge on any atom is -0.493 e. The fourth-order valence-electron chi connectivity index (χ4n) is 2.52. The number of methoxy groups -OCH3 is 2. The summed E-state index contributed by atoms with van der Waals surface area (Å²) in [5.74, 6) is 1.30. The van der Waals surface area contributed by atoms with E-state index < -0.39 is 0 Å². The van der Waals surface area contributed by atoms with Crippen molar-refractivity contribution < 1.29 is 14.3 Å². The molecule has 0 radical (unpaired) electrons. The predicted molar refractivity (Wildman–Crippen MR) is 83.1 cm³/mol. The van der Waals surface area contributed by atoms with Crippen LogP contribution in [0.5, 0.6) is 11.5 Å². The van der Waals surface area contributed by atoms with Crippen molar-refractivity contribution in [2.24, 2.45) is 0 Å². The molecule has 3 rings (SSSR count). The van der Waals surface area contributed by atoms with E-state index >= 15 is 0 Å². The molecule has 23 heavy (non-hydrogen) atoms. The van der Waals surface area contributed by atoms with Gasteiger partial charge in [-0.05, 0) is 17.7 Å². The first-order valence-corrected chi connectivity index (χ1v) is 7.22. The molecule has 1 aliphatic heterocycles. The van der Waals surface area contributed by atoms with Gasteiger partial charge in [-0.1, -0.05) is 6.07 Å². The van der Waals surface area contributed by atoms with Gasteiger partial charge in [0, 0.05) is 18.3 Å². The van der Waals surface area contributed by atoms with Gasteiger partial charge in [0.2, 0.25) is 0 Å². The van der Waals surface area contributed by atoms with Crippen LogP contribution in [0.15, 0.2) is 30.7 Å². The monoisotopic (exact) mass is 314 g/mol. The normalized spacial score (nSPS) is 12.7. The number of amides is 2. The van der Waals surface area contributed by atoms with Crippen molar-refractivity contribution >= 4 is 6.03 Å². The van der Waals surface area contributed by atoms with Crippen LogP contribution in [-0.4, -0.2) is 35.1 Å². The van der Waals surface area contributed by atoms with Gasteiger partial charge >= 0.3 is 6.03 Å². The largest absolute Gasteiger partial charge is 0.493 e. The van der Waals surface area contributed by atoms with Crippen LogP contribution in [0, 0.1) is 0 Å². The summed E-state index contributed by atoms with van der Waals surface area (Å²) in [6, 6.07) is 5.44. The van der Waals surface area contributed by atoms with Crippen molar-refractivity contribution in [1.82, 2.24) is 20.2 Å². The zero-order valence-electron chi connectivity index (χ0n) is 13.1. The van der Waals surface area contributed by atoms with Crippen molar-refractivity contribution in [1.29, 1.82) is 0 Å². The van der Waals surface area contributed by atoms with E-state index in [0.29, 0.717) is 31.1 Å². The highest BCUT2D eigenvalue weighted by Gasteiger charge is 2.24. The smallest absolute Gasteiger partial charge is 0.318 e. The summed E-state index contributed by atoms with van der Waals surface area (Å²) in [4.78, 5) is 22.2. The summed E-state index contributed by atoms with van der Waals surface area (Å²) in [6.07, 6.45) is 3.26. The number of benzene rings is 1. The maximum absolute atomic E-state index is 12.3. The molecule has 0 atom stereocenters. The van der Waals surface area contributed by atoms with Gasteiger partial charge in [0.1, 0.15) is 6.33 Å². The molecule has 1 aromatic heterocycles. The Morgan fingerprint density at radius 3 is 2.83 bits per heavy atom. The first kappa shape index (κ1) is 15.1. The van der Waals surface area contributed by atoms with Crippen LogP contribution >= 0.6 is 0 Å². The number of hydrogen-bond acceptors (Lipinski definition) is 5. The van der Waals surface area contributed by atoms with E-state index in [4.69, 9.17) is 9.47 Å². The molecule has 7 nitrogen and oxygen atoms in total. The van der Waals surface area contributed by atoms with Gasteiger partial charge in [-0.2, -0.15) is 0 Å². The van der Waals surface area contributed by atoms with Crippen molar-refractivity contribution in [2.45, 2.75) is 19.6 Å². The summed E-state index contributed by atoms with van der Waals surface area (Å²) >= 11 is 0. The second-order valence-corrected chi connectivity index (χ2v) is 5.20. The first-order valence-electron chi connectivity index (χ1n) is 7.22. The topological polar surface area (TPSA) is 76.6 Å². The molecule has 2 amide bonds. The Hall–Kier alpha value is -2.83. The first-order chi connectivity index (χ1) is 11.2. The number of carbonyl (C=O) groups excluding carboxylic acids is 1. The number of urea groups is 1. The van der Waals surface area contributed by atoms with Gasteiger partial charge in [-0.25, -0.2) is 14.8 Å². The Morgan fingerprint density at radius 2 is 2.09 bits per heavy atom. The molecule has 120 valence electrons. The third-order valence-corrected chi connectivity index (χ3v) is 3.76. The van der Waals surface area contributed by atoms with Gasteiger partial charge in [0.15, 0.2) is 11.5 Å². The maximum Gasteiger partial charge on any atom is 0.318 e. The molecule has 1 N–H and O–H groups in total. The molecule has 0 bridgehead atoms. The third-order valence-electron chi connectivity index (χ3n) is 3.76. The molecule has 2 heterocycles. The van der Waals surface area contributed by atoms with Gasteiger partial charge in [-0.3, -0.25) is 0 Å². The van der Waals surface area contributed by atoms with Gasteiger partial charge in [0.05, 0.1) is 33.0 Å². The lowest BCUT2D eigenvalue weighted by molar-refractivity contribution is 0.197. The van der Waals surface area contributed by atoms with Crippen LogP contribution in [-0.2, 0) is 19.6 Å². The average Bonchev–Trinajstić information content (AvgIpc) is 3.03. The van der Waals surface area contributed by atoms with E-state index in [-0.39, 0.29) is 6.03 Å². The molecule has 0 saturated carbocycles. The van der Waals surface area contributed by atoms with Crippen LogP contribution in [0.4, 0.5) is 4.79 Å². The Bertz CT molecular complexity index is 695. The second kappa shape index (κ2) is 6.51. The Morgan fingerprint density at radius 1 is 1.26 bits per heavy atom. The quantitative estimate of drug-likeness (QED) is 0.930. The number of nitrogens with one attached hydrogen (secondary N) is 1. The molecule has 0 spiro atoms. The Labute approximate surface area is 134 Å². The minimum atomic E-state index is -0.127. The van der Waals surface area contributed by atoms with Crippen molar-refractivity contribution in [3.8, 4) is 11.5 Å². The molecular weight excluding hydrogens is 296 g/mol. The average molecular weight is 314 g/mol. The number of ether oxygens (including phenoxy) is 2. The zero-order chi connectivity index (χ0) is 16.2. The number of rotatable bonds is 4. The standard InChI is InChI=1S/C16H18N4O3/c1-22-14-4-3-11(5-15(14)23-2)6-18-16(21)20-8-12-7-17-10-19-13(12)9-20/h3-5,7,10H,6,8-9H2,1-2H3,(H,18,21). The molecule has 0 unspecified atom stereocenters. The lowest BCUT2D eigenvalue weighted by atomic mass is 10.2. The summed E-state index contributed by atoms with van der Waals surface area (Å²) in [5.41, 5.74) is 2.84. The molecule has 0 fully saturated rings. The number of hydrogen-bond donors (Lipinski definition) is 1. The van der Waals surface area contributed by atoms with E-state index in [9.17, 15) is 4.79 Å². The van der Waals surface area contributed by atoms with Crippen molar-refractivity contribution in [3.63, 3.8) is 0 Å². The summed E-state index contributed by atoms with van der Waals surface area (Å²) in [6.45, 7) is 1.46. The highest BCUT2D eigenvalue weighted by molar-refractivity contribution is 5.74. The highest BCUT2D eigenvalue weighted by atomic mass is 16.5. The van der Waals surface area contributed by atoms with Crippen LogP contribution < -0.4 is 14.8 Å². The second-order valence-electron chi connectivity index (χ2n) is 5.20. The fourth-order valence-corrected chi connectivity index (χ4v) is 2.52. The SMILES string of the molecule is COc1ccc(CNC(=O)N2Cc3cncnc3C2)cc1OC.